The fourth-order valence-electron chi connectivity index (χ4n) is 3.41. The second-order valence-corrected chi connectivity index (χ2v) is 13.6. The molecule has 23 heavy (non-hydrogen) atoms. The Hall–Kier alpha value is -0.803. The number of aryl methyl sites for hydroxylation is 1. The molecule has 1 unspecified atom stereocenters. The number of benzene rings is 1. The van der Waals surface area contributed by atoms with Gasteiger partial charge in [0.1, 0.15) is 5.75 Å². The van der Waals surface area contributed by atoms with E-state index >= 15 is 0 Å². The molecule has 1 N–H and O–H groups in total. The minimum absolute atomic E-state index is 0.214. The van der Waals surface area contributed by atoms with Crippen molar-refractivity contribution in [2.75, 3.05) is 6.61 Å². The molecule has 2 rings (SSSR count). The largest absolute Gasteiger partial charge is 0.543 e. The van der Waals surface area contributed by atoms with Crippen molar-refractivity contribution in [3.63, 3.8) is 0 Å². The molecule has 0 saturated carbocycles. The minimum Gasteiger partial charge on any atom is -0.543 e. The predicted octanol–water partition coefficient (Wildman–Crippen LogP) is 5.44. The van der Waals surface area contributed by atoms with Gasteiger partial charge in [-0.15, -0.1) is 0 Å². The first kappa shape index (κ1) is 18.5. The van der Waals surface area contributed by atoms with Crippen LogP contribution in [0.4, 0.5) is 0 Å². The predicted molar refractivity (Wildman–Crippen MR) is 101 cm³/mol. The Bertz CT molecular complexity index is 545. The van der Waals surface area contributed by atoms with Crippen molar-refractivity contribution in [1.82, 2.24) is 0 Å². The average Bonchev–Trinajstić information content (AvgIpc) is 2.44. The molecule has 0 spiro atoms. The zero-order valence-electron chi connectivity index (χ0n) is 15.8. The summed E-state index contributed by atoms with van der Waals surface area (Å²) in [6.45, 7) is 14.1. The molecule has 2 nitrogen and oxygen atoms in total. The van der Waals surface area contributed by atoms with Gasteiger partial charge in [-0.1, -0.05) is 33.8 Å². The maximum atomic E-state index is 9.19. The van der Waals surface area contributed by atoms with Crippen LogP contribution in [0.15, 0.2) is 18.2 Å². The zero-order chi connectivity index (χ0) is 17.3. The van der Waals surface area contributed by atoms with Crippen molar-refractivity contribution in [1.29, 1.82) is 0 Å². The van der Waals surface area contributed by atoms with Crippen molar-refractivity contribution < 1.29 is 9.53 Å². The van der Waals surface area contributed by atoms with E-state index < -0.39 is 8.32 Å². The summed E-state index contributed by atoms with van der Waals surface area (Å²) in [5.41, 5.74) is 3.14. The summed E-state index contributed by atoms with van der Waals surface area (Å²) in [5.74, 6) is 1.04. The van der Waals surface area contributed by atoms with Crippen LogP contribution in [0.2, 0.25) is 18.1 Å². The average molecular weight is 335 g/mol. The lowest BCUT2D eigenvalue weighted by Gasteiger charge is -2.38. The van der Waals surface area contributed by atoms with Crippen LogP contribution in [-0.2, 0) is 11.8 Å². The molecule has 0 amide bonds. The summed E-state index contributed by atoms with van der Waals surface area (Å²) in [6, 6.07) is 6.74. The number of rotatable bonds is 5. The van der Waals surface area contributed by atoms with Gasteiger partial charge in [-0.05, 0) is 78.9 Å². The van der Waals surface area contributed by atoms with Crippen molar-refractivity contribution in [3.8, 4) is 5.75 Å². The minimum atomic E-state index is -1.78. The number of hydrogen-bond donors (Lipinski definition) is 1. The summed E-state index contributed by atoms with van der Waals surface area (Å²) in [7, 11) is -1.78. The SMILES string of the molecule is CC1(CCCO)CCCc2cc(O[Si](C)(C)C(C)(C)C)ccc21. The third kappa shape index (κ3) is 4.00. The number of aliphatic hydroxyl groups excluding tert-OH is 1. The standard InChI is InChI=1S/C20H34O2Si/c1-19(2,3)23(5,6)22-17-10-11-18-16(15-17)9-7-12-20(18,4)13-8-14-21/h10-11,15,21H,7-9,12-14H2,1-6H3. The maximum absolute atomic E-state index is 9.19. The molecule has 0 saturated heterocycles. The van der Waals surface area contributed by atoms with Gasteiger partial charge in [-0.25, -0.2) is 0 Å². The lowest BCUT2D eigenvalue weighted by molar-refractivity contribution is 0.255. The van der Waals surface area contributed by atoms with Crippen LogP contribution in [0.25, 0.3) is 0 Å². The van der Waals surface area contributed by atoms with Crippen molar-refractivity contribution >= 4 is 8.32 Å². The molecule has 0 bridgehead atoms. The summed E-state index contributed by atoms with van der Waals surface area (Å²) < 4.78 is 6.48. The molecule has 1 aromatic rings. The fourth-order valence-corrected chi connectivity index (χ4v) is 4.43. The summed E-state index contributed by atoms with van der Waals surface area (Å²) in [5, 5.41) is 9.41. The van der Waals surface area contributed by atoms with Crippen molar-refractivity contribution in [2.24, 2.45) is 0 Å². The lowest BCUT2D eigenvalue weighted by atomic mass is 9.69. The number of fused-ring (bicyclic) bond motifs is 1. The first-order valence-electron chi connectivity index (χ1n) is 9.02. The van der Waals surface area contributed by atoms with Gasteiger partial charge < -0.3 is 9.53 Å². The molecule has 0 aliphatic heterocycles. The molecule has 0 fully saturated rings. The molecule has 0 heterocycles. The first-order chi connectivity index (χ1) is 10.6. The lowest BCUT2D eigenvalue weighted by Crippen LogP contribution is -2.43. The highest BCUT2D eigenvalue weighted by Crippen LogP contribution is 2.43. The van der Waals surface area contributed by atoms with Crippen LogP contribution in [0.1, 0.15) is 64.5 Å². The van der Waals surface area contributed by atoms with Gasteiger partial charge >= 0.3 is 0 Å². The summed E-state index contributed by atoms with van der Waals surface area (Å²) >= 11 is 0. The van der Waals surface area contributed by atoms with Crippen LogP contribution in [0, 0.1) is 0 Å². The Morgan fingerprint density at radius 3 is 2.57 bits per heavy atom. The Morgan fingerprint density at radius 1 is 1.26 bits per heavy atom. The number of hydrogen-bond acceptors (Lipinski definition) is 2. The van der Waals surface area contributed by atoms with Gasteiger partial charge in [-0.2, -0.15) is 0 Å². The fraction of sp³-hybridized carbons (Fsp3) is 0.700. The highest BCUT2D eigenvalue weighted by Gasteiger charge is 2.39. The topological polar surface area (TPSA) is 29.5 Å². The Balaban J connectivity index is 2.26. The van der Waals surface area contributed by atoms with E-state index in [1.165, 1.54) is 24.0 Å². The molecule has 1 aromatic carbocycles. The molecular formula is C20H34O2Si. The first-order valence-corrected chi connectivity index (χ1v) is 11.9. The Labute approximate surface area is 143 Å². The van der Waals surface area contributed by atoms with Gasteiger partial charge in [0, 0.05) is 6.61 Å². The molecule has 0 radical (unpaired) electrons. The van der Waals surface area contributed by atoms with Crippen LogP contribution in [-0.4, -0.2) is 20.0 Å². The van der Waals surface area contributed by atoms with Crippen molar-refractivity contribution in [2.45, 2.75) is 83.3 Å². The van der Waals surface area contributed by atoms with E-state index in [-0.39, 0.29) is 17.1 Å². The smallest absolute Gasteiger partial charge is 0.250 e. The molecule has 3 heteroatoms. The Morgan fingerprint density at radius 2 is 1.96 bits per heavy atom. The van der Waals surface area contributed by atoms with E-state index in [0.29, 0.717) is 0 Å². The quantitative estimate of drug-likeness (QED) is 0.727. The second kappa shape index (κ2) is 6.60. The van der Waals surface area contributed by atoms with Gasteiger partial charge in [0.15, 0.2) is 0 Å². The van der Waals surface area contributed by atoms with E-state index in [1.54, 1.807) is 0 Å². The van der Waals surface area contributed by atoms with Gasteiger partial charge in [0.05, 0.1) is 0 Å². The van der Waals surface area contributed by atoms with Gasteiger partial charge in [0.25, 0.3) is 0 Å². The molecule has 0 aromatic heterocycles. The third-order valence-electron chi connectivity index (χ3n) is 5.97. The molecule has 1 aliphatic carbocycles. The van der Waals surface area contributed by atoms with Gasteiger partial charge in [-0.3, -0.25) is 0 Å². The Kier molecular flexibility index (Phi) is 5.32. The number of aliphatic hydroxyl groups is 1. The molecule has 1 atom stereocenters. The van der Waals surface area contributed by atoms with E-state index in [9.17, 15) is 5.11 Å². The normalized spacial score (nSPS) is 21.9. The third-order valence-corrected chi connectivity index (χ3v) is 10.3. The monoisotopic (exact) mass is 334 g/mol. The molecule has 1 aliphatic rings. The van der Waals surface area contributed by atoms with Crippen molar-refractivity contribution in [3.05, 3.63) is 29.3 Å². The van der Waals surface area contributed by atoms with E-state index in [4.69, 9.17) is 4.43 Å². The maximum Gasteiger partial charge on any atom is 0.250 e. The van der Waals surface area contributed by atoms with Gasteiger partial charge in [0.2, 0.25) is 8.32 Å². The van der Waals surface area contributed by atoms with Crippen LogP contribution in [0.5, 0.6) is 5.75 Å². The van der Waals surface area contributed by atoms with E-state index in [2.05, 4.69) is 59.0 Å². The summed E-state index contributed by atoms with van der Waals surface area (Å²) in [4.78, 5) is 0. The molecule has 130 valence electrons. The highest BCUT2D eigenvalue weighted by molar-refractivity contribution is 6.74. The zero-order valence-corrected chi connectivity index (χ0v) is 16.8. The second-order valence-electron chi connectivity index (χ2n) is 8.92. The van der Waals surface area contributed by atoms with Crippen LogP contribution in [0.3, 0.4) is 0 Å². The van der Waals surface area contributed by atoms with E-state index in [0.717, 1.165) is 25.0 Å². The van der Waals surface area contributed by atoms with E-state index in [1.807, 2.05) is 0 Å². The highest BCUT2D eigenvalue weighted by atomic mass is 28.4. The molecular weight excluding hydrogens is 300 g/mol. The summed E-state index contributed by atoms with van der Waals surface area (Å²) in [6.07, 6.45) is 5.57. The van der Waals surface area contributed by atoms with Crippen LogP contribution >= 0.6 is 0 Å². The van der Waals surface area contributed by atoms with Crippen LogP contribution < -0.4 is 4.43 Å².